The van der Waals surface area contributed by atoms with Crippen LogP contribution in [0.3, 0.4) is 0 Å². The van der Waals surface area contributed by atoms with Crippen LogP contribution in [0.25, 0.3) is 0 Å². The van der Waals surface area contributed by atoms with Crippen molar-refractivity contribution in [2.24, 2.45) is 0 Å². The number of benzene rings is 1. The molecule has 0 spiro atoms. The summed E-state index contributed by atoms with van der Waals surface area (Å²) in [7, 11) is 0. The molecule has 1 aromatic rings. The van der Waals surface area contributed by atoms with Crippen molar-refractivity contribution in [2.75, 3.05) is 0 Å². The van der Waals surface area contributed by atoms with Gasteiger partial charge in [-0.05, 0) is 38.5 Å². The highest BCUT2D eigenvalue weighted by Gasteiger charge is 2.30. The van der Waals surface area contributed by atoms with Crippen LogP contribution in [0.1, 0.15) is 44.7 Å². The van der Waals surface area contributed by atoms with Crippen LogP contribution in [0, 0.1) is 0 Å². The van der Waals surface area contributed by atoms with Crippen molar-refractivity contribution in [3.8, 4) is 0 Å². The Kier molecular flexibility index (Phi) is 5.80. The maximum absolute atomic E-state index is 12.5. The van der Waals surface area contributed by atoms with E-state index in [1.807, 2.05) is 0 Å². The minimum Gasteiger partial charge on any atom is -0.444 e. The van der Waals surface area contributed by atoms with Crippen molar-refractivity contribution in [2.45, 2.75) is 51.4 Å². The van der Waals surface area contributed by atoms with E-state index in [9.17, 15) is 22.8 Å². The number of alkyl carbamates (subject to hydrolysis) is 1. The van der Waals surface area contributed by atoms with Gasteiger partial charge in [0.2, 0.25) is 0 Å². The first-order chi connectivity index (χ1) is 10.4. The fraction of sp³-hybridized carbons (Fsp3) is 0.500. The highest BCUT2D eigenvalue weighted by Crippen LogP contribution is 2.30. The molecule has 23 heavy (non-hydrogen) atoms. The van der Waals surface area contributed by atoms with Crippen LogP contribution >= 0.6 is 0 Å². The number of aldehydes is 1. The van der Waals surface area contributed by atoms with Crippen molar-refractivity contribution in [3.05, 3.63) is 35.4 Å². The number of carbonyl (C=O) groups is 2. The van der Waals surface area contributed by atoms with Crippen molar-refractivity contribution in [1.29, 1.82) is 0 Å². The first kappa shape index (κ1) is 19.0. The molecule has 0 aliphatic carbocycles. The van der Waals surface area contributed by atoms with Gasteiger partial charge in [0.05, 0.1) is 11.6 Å². The molecule has 0 bridgehead atoms. The van der Waals surface area contributed by atoms with E-state index in [2.05, 4.69) is 5.32 Å². The van der Waals surface area contributed by atoms with Crippen molar-refractivity contribution >= 4 is 12.4 Å². The molecule has 0 aliphatic rings. The predicted octanol–water partition coefficient (Wildman–Crippen LogP) is 3.90. The zero-order chi connectivity index (χ0) is 17.8. The van der Waals surface area contributed by atoms with Crippen LogP contribution in [-0.2, 0) is 15.7 Å². The van der Waals surface area contributed by atoms with E-state index in [-0.39, 0.29) is 0 Å². The number of rotatable bonds is 4. The average Bonchev–Trinajstić information content (AvgIpc) is 2.41. The fourth-order valence-corrected chi connectivity index (χ4v) is 1.90. The molecule has 0 heterocycles. The van der Waals surface area contributed by atoms with Gasteiger partial charge in [-0.2, -0.15) is 13.2 Å². The molecule has 0 radical (unpaired) electrons. The Hall–Kier alpha value is -2.05. The van der Waals surface area contributed by atoms with Crippen LogP contribution in [0.4, 0.5) is 18.0 Å². The third-order valence-electron chi connectivity index (χ3n) is 3.13. The summed E-state index contributed by atoms with van der Waals surface area (Å²) in [6, 6.07) is 3.57. The summed E-state index contributed by atoms with van der Waals surface area (Å²) < 4.78 is 42.7. The van der Waals surface area contributed by atoms with E-state index in [1.54, 1.807) is 27.7 Å². The standard InChI is InChI=1S/C16H20F3NO3/c1-10(11-5-7-12(8-6-11)16(17,18)19)13(9-21)20-14(22)23-15(2,3)4/h5-10,13H,1-4H3,(H,20,22). The van der Waals surface area contributed by atoms with E-state index in [4.69, 9.17) is 4.74 Å². The van der Waals surface area contributed by atoms with Gasteiger partial charge in [-0.1, -0.05) is 19.1 Å². The number of hydrogen-bond donors (Lipinski definition) is 1. The lowest BCUT2D eigenvalue weighted by Gasteiger charge is -2.24. The van der Waals surface area contributed by atoms with Crippen LogP contribution in [0.15, 0.2) is 24.3 Å². The number of alkyl halides is 3. The first-order valence-electron chi connectivity index (χ1n) is 7.06. The second-order valence-corrected chi connectivity index (χ2v) is 6.22. The van der Waals surface area contributed by atoms with Crippen LogP contribution in [-0.4, -0.2) is 24.0 Å². The van der Waals surface area contributed by atoms with E-state index in [0.29, 0.717) is 11.8 Å². The second kappa shape index (κ2) is 7.02. The smallest absolute Gasteiger partial charge is 0.416 e. The van der Waals surface area contributed by atoms with E-state index in [0.717, 1.165) is 12.1 Å². The number of halogens is 3. The van der Waals surface area contributed by atoms with Crippen molar-refractivity contribution < 1.29 is 27.5 Å². The molecule has 0 saturated heterocycles. The number of nitrogens with one attached hydrogen (secondary N) is 1. The summed E-state index contributed by atoms with van der Waals surface area (Å²) >= 11 is 0. The van der Waals surface area contributed by atoms with Gasteiger partial charge in [0.15, 0.2) is 0 Å². The molecule has 0 aliphatic heterocycles. The summed E-state index contributed by atoms with van der Waals surface area (Å²) in [5.41, 5.74) is -0.975. The summed E-state index contributed by atoms with van der Waals surface area (Å²) in [6.45, 7) is 6.68. The lowest BCUT2D eigenvalue weighted by atomic mass is 9.93. The molecule has 1 rings (SSSR count). The van der Waals surface area contributed by atoms with Gasteiger partial charge in [-0.25, -0.2) is 4.79 Å². The number of ether oxygens (including phenoxy) is 1. The van der Waals surface area contributed by atoms with Gasteiger partial charge in [-0.15, -0.1) is 0 Å². The molecule has 128 valence electrons. The molecule has 1 amide bonds. The summed E-state index contributed by atoms with van der Waals surface area (Å²) in [5.74, 6) is -0.498. The zero-order valence-electron chi connectivity index (χ0n) is 13.4. The fourth-order valence-electron chi connectivity index (χ4n) is 1.90. The Morgan fingerprint density at radius 3 is 2.09 bits per heavy atom. The highest BCUT2D eigenvalue weighted by molar-refractivity contribution is 5.74. The lowest BCUT2D eigenvalue weighted by molar-refractivity contribution is -0.137. The van der Waals surface area contributed by atoms with Gasteiger partial charge in [-0.3, -0.25) is 0 Å². The van der Waals surface area contributed by atoms with Gasteiger partial charge in [0.25, 0.3) is 0 Å². The molecule has 0 aromatic heterocycles. The maximum atomic E-state index is 12.5. The molecule has 2 atom stereocenters. The Morgan fingerprint density at radius 1 is 1.17 bits per heavy atom. The quantitative estimate of drug-likeness (QED) is 0.851. The van der Waals surface area contributed by atoms with E-state index < -0.39 is 35.4 Å². The largest absolute Gasteiger partial charge is 0.444 e. The van der Waals surface area contributed by atoms with E-state index in [1.165, 1.54) is 12.1 Å². The monoisotopic (exact) mass is 331 g/mol. The second-order valence-electron chi connectivity index (χ2n) is 6.22. The SMILES string of the molecule is CC(c1ccc(C(F)(F)F)cc1)C(C=O)NC(=O)OC(C)(C)C. The van der Waals surface area contributed by atoms with Crippen molar-refractivity contribution in [3.63, 3.8) is 0 Å². The molecule has 2 unspecified atom stereocenters. The van der Waals surface area contributed by atoms with Gasteiger partial charge < -0.3 is 14.8 Å². The van der Waals surface area contributed by atoms with Gasteiger partial charge in [0.1, 0.15) is 11.9 Å². The predicted molar refractivity (Wildman–Crippen MR) is 79.1 cm³/mol. The molecular weight excluding hydrogens is 311 g/mol. The van der Waals surface area contributed by atoms with Crippen LogP contribution in [0.2, 0.25) is 0 Å². The summed E-state index contributed by atoms with van der Waals surface area (Å²) in [4.78, 5) is 22.9. The molecular formula is C16H20F3NO3. The third-order valence-corrected chi connectivity index (χ3v) is 3.13. The Bertz CT molecular complexity index is 547. The van der Waals surface area contributed by atoms with Crippen LogP contribution < -0.4 is 5.32 Å². The van der Waals surface area contributed by atoms with Gasteiger partial charge in [0, 0.05) is 5.92 Å². The summed E-state index contributed by atoms with van der Waals surface area (Å²) in [6.07, 6.45) is -4.64. The number of carbonyl (C=O) groups excluding carboxylic acids is 2. The molecule has 4 nitrogen and oxygen atoms in total. The molecule has 7 heteroatoms. The lowest BCUT2D eigenvalue weighted by Crippen LogP contribution is -2.42. The third kappa shape index (κ3) is 5.92. The zero-order valence-corrected chi connectivity index (χ0v) is 13.4. The highest BCUT2D eigenvalue weighted by atomic mass is 19.4. The first-order valence-corrected chi connectivity index (χ1v) is 7.06. The molecule has 1 N–H and O–H groups in total. The summed E-state index contributed by atoms with van der Waals surface area (Å²) in [5, 5.41) is 2.41. The Labute approximate surface area is 133 Å². The van der Waals surface area contributed by atoms with Crippen molar-refractivity contribution in [1.82, 2.24) is 5.32 Å². The minimum absolute atomic E-state index is 0.498. The average molecular weight is 331 g/mol. The molecule has 1 aromatic carbocycles. The Balaban J connectivity index is 2.82. The normalized spacial score (nSPS) is 14.7. The van der Waals surface area contributed by atoms with Gasteiger partial charge >= 0.3 is 12.3 Å². The number of amides is 1. The maximum Gasteiger partial charge on any atom is 0.416 e. The Morgan fingerprint density at radius 2 is 1.70 bits per heavy atom. The molecule has 0 fully saturated rings. The molecule has 0 saturated carbocycles. The number of hydrogen-bond acceptors (Lipinski definition) is 3. The topological polar surface area (TPSA) is 55.4 Å². The van der Waals surface area contributed by atoms with E-state index >= 15 is 0 Å². The minimum atomic E-state index is -4.42. The van der Waals surface area contributed by atoms with Crippen LogP contribution in [0.5, 0.6) is 0 Å².